The Morgan fingerprint density at radius 2 is 1.78 bits per heavy atom. The largest absolute Gasteiger partial charge is 0.529 e. The molecule has 0 fully saturated rings. The van der Waals surface area contributed by atoms with Crippen LogP contribution in [0.15, 0.2) is 0 Å². The van der Waals surface area contributed by atoms with E-state index in [4.69, 9.17) is 14.9 Å². The molecular weight excluding hydrogens is 278 g/mol. The molecular formula is CH3LaO6P. The zero-order chi connectivity index (χ0) is 6.78. The van der Waals surface area contributed by atoms with Gasteiger partial charge in [-0.3, -0.25) is 9.79 Å². The monoisotopic (exact) mass is 281 g/mol. The predicted molar refractivity (Wildman–Crippen MR) is 21.2 cm³/mol. The quantitative estimate of drug-likeness (QED) is 0.574. The maximum Gasteiger partial charge on any atom is 0.529 e. The first-order valence-electron chi connectivity index (χ1n) is 1.40. The molecule has 6 nitrogen and oxygen atoms in total. The summed E-state index contributed by atoms with van der Waals surface area (Å²) < 4.78 is 12.6. The Labute approximate surface area is 78.1 Å². The van der Waals surface area contributed by atoms with Gasteiger partial charge in [-0.15, -0.1) is 0 Å². The van der Waals surface area contributed by atoms with Crippen molar-refractivity contribution in [3.63, 3.8) is 0 Å². The molecule has 0 aromatic rings. The molecule has 0 aliphatic heterocycles. The summed E-state index contributed by atoms with van der Waals surface area (Å²) in [5.74, 6) is 0. The molecule has 0 rings (SSSR count). The van der Waals surface area contributed by atoms with Crippen LogP contribution >= 0.6 is 7.82 Å². The molecule has 8 heteroatoms. The fourth-order valence-electron chi connectivity index (χ4n) is 0.102. The van der Waals surface area contributed by atoms with E-state index in [2.05, 4.69) is 4.52 Å². The van der Waals surface area contributed by atoms with Gasteiger partial charge in [0, 0.05) is 35.6 Å². The summed E-state index contributed by atoms with van der Waals surface area (Å²) in [5, 5.41) is 7.53. The van der Waals surface area contributed by atoms with E-state index in [0.717, 1.165) is 0 Å². The van der Waals surface area contributed by atoms with E-state index in [9.17, 15) is 9.36 Å². The van der Waals surface area contributed by atoms with Crippen molar-refractivity contribution in [1.82, 2.24) is 0 Å². The molecule has 0 unspecified atom stereocenters. The second-order valence-corrected chi connectivity index (χ2v) is 2.01. The zero-order valence-corrected chi connectivity index (χ0v) is 8.61. The van der Waals surface area contributed by atoms with E-state index in [0.29, 0.717) is 0 Å². The van der Waals surface area contributed by atoms with Gasteiger partial charge in [0.15, 0.2) is 0 Å². The molecule has 1 radical (unpaired) electrons. The molecule has 0 spiro atoms. The van der Waals surface area contributed by atoms with Crippen molar-refractivity contribution in [2.24, 2.45) is 0 Å². The van der Waals surface area contributed by atoms with Crippen LogP contribution < -0.4 is 0 Å². The number of phosphoric ester groups is 1. The van der Waals surface area contributed by atoms with Gasteiger partial charge in [-0.25, -0.2) is 9.36 Å². The van der Waals surface area contributed by atoms with Crippen LogP contribution in [0.1, 0.15) is 0 Å². The van der Waals surface area contributed by atoms with Crippen molar-refractivity contribution >= 4 is 14.0 Å². The van der Waals surface area contributed by atoms with Crippen LogP contribution in [0.3, 0.4) is 0 Å². The average Bonchev–Trinajstić information content (AvgIpc) is 1.21. The van der Waals surface area contributed by atoms with E-state index in [1.807, 2.05) is 0 Å². The number of hydrogen-bond acceptors (Lipinski definition) is 3. The van der Waals surface area contributed by atoms with Gasteiger partial charge >= 0.3 is 14.0 Å². The minimum atomic E-state index is -4.82. The average molecular weight is 281 g/mol. The summed E-state index contributed by atoms with van der Waals surface area (Å²) in [5.41, 5.74) is 0. The summed E-state index contributed by atoms with van der Waals surface area (Å²) in [6, 6.07) is 0. The molecule has 9 heavy (non-hydrogen) atoms. The molecule has 0 heterocycles. The fourth-order valence-corrected chi connectivity index (χ4v) is 0.305. The minimum absolute atomic E-state index is 0. The molecule has 0 bridgehead atoms. The molecule has 0 aromatic carbocycles. The Morgan fingerprint density at radius 1 is 1.44 bits per heavy atom. The molecule has 0 atom stereocenters. The van der Waals surface area contributed by atoms with Crippen LogP contribution in [0.4, 0.5) is 4.79 Å². The van der Waals surface area contributed by atoms with Crippen molar-refractivity contribution in [3.8, 4) is 0 Å². The summed E-state index contributed by atoms with van der Waals surface area (Å²) in [6.45, 7) is 0. The summed E-state index contributed by atoms with van der Waals surface area (Å²) in [4.78, 5) is 24.7. The minimum Gasteiger partial charge on any atom is -0.449 e. The number of carboxylic acid groups (broad SMARTS) is 1. The number of rotatable bonds is 1. The van der Waals surface area contributed by atoms with Crippen LogP contribution in [0.5, 0.6) is 0 Å². The van der Waals surface area contributed by atoms with Crippen LogP contribution in [-0.4, -0.2) is 21.0 Å². The van der Waals surface area contributed by atoms with E-state index >= 15 is 0 Å². The van der Waals surface area contributed by atoms with Crippen molar-refractivity contribution in [3.05, 3.63) is 0 Å². The molecule has 3 N–H and O–H groups in total. The first-order chi connectivity index (χ1) is 3.42. The summed E-state index contributed by atoms with van der Waals surface area (Å²) >= 11 is 0. The Morgan fingerprint density at radius 3 is 1.78 bits per heavy atom. The van der Waals surface area contributed by atoms with Gasteiger partial charge in [-0.1, -0.05) is 0 Å². The van der Waals surface area contributed by atoms with E-state index < -0.39 is 14.0 Å². The molecule has 0 saturated carbocycles. The second-order valence-electron chi connectivity index (χ2n) is 0.848. The van der Waals surface area contributed by atoms with Crippen molar-refractivity contribution in [2.45, 2.75) is 0 Å². The second kappa shape index (κ2) is 4.43. The third kappa shape index (κ3) is 12.0. The van der Waals surface area contributed by atoms with Crippen LogP contribution in [0, 0.1) is 35.6 Å². The summed E-state index contributed by atoms with van der Waals surface area (Å²) in [6.07, 6.45) is -1.99. The maximum atomic E-state index is 9.53. The fraction of sp³-hybridized carbons (Fsp3) is 0. The Kier molecular flexibility index (Phi) is 6.06. The van der Waals surface area contributed by atoms with Gasteiger partial charge in [-0.2, -0.15) is 0 Å². The van der Waals surface area contributed by atoms with Gasteiger partial charge in [0.2, 0.25) is 0 Å². The van der Waals surface area contributed by atoms with Gasteiger partial charge in [0.25, 0.3) is 0 Å². The standard InChI is InChI=1S/CH3O6P.La/c2-1(3)7-8(4,5)6;/h(H,2,3)(H2,4,5,6);. The number of phosphoric acid groups is 1. The van der Waals surface area contributed by atoms with Crippen LogP contribution in [0.25, 0.3) is 0 Å². The SMILES string of the molecule is O=C(O)OP(=O)(O)O.[La]. The Hall–Kier alpha value is 0.615. The van der Waals surface area contributed by atoms with Crippen molar-refractivity contribution < 1.29 is 64.4 Å². The van der Waals surface area contributed by atoms with Crippen LogP contribution in [0.2, 0.25) is 0 Å². The molecule has 0 aliphatic rings. The predicted octanol–water partition coefficient (Wildman–Crippen LogP) is -0.226. The van der Waals surface area contributed by atoms with Gasteiger partial charge in [0.1, 0.15) is 0 Å². The molecule has 51 valence electrons. The molecule has 0 aromatic heterocycles. The van der Waals surface area contributed by atoms with E-state index in [1.165, 1.54) is 0 Å². The van der Waals surface area contributed by atoms with E-state index in [1.54, 1.807) is 0 Å². The number of carbonyl (C=O) groups is 1. The molecule has 0 saturated heterocycles. The first-order valence-corrected chi connectivity index (χ1v) is 2.93. The Balaban J connectivity index is 0. The molecule has 0 aliphatic carbocycles. The van der Waals surface area contributed by atoms with Crippen molar-refractivity contribution in [2.75, 3.05) is 0 Å². The first kappa shape index (κ1) is 12.3. The maximum absolute atomic E-state index is 9.53. The van der Waals surface area contributed by atoms with Gasteiger partial charge in [0.05, 0.1) is 0 Å². The van der Waals surface area contributed by atoms with Gasteiger partial charge in [-0.05, 0) is 0 Å². The molecule has 0 amide bonds. The number of hydrogen-bond donors (Lipinski definition) is 3. The van der Waals surface area contributed by atoms with Crippen LogP contribution in [-0.2, 0) is 9.09 Å². The van der Waals surface area contributed by atoms with Crippen molar-refractivity contribution in [1.29, 1.82) is 0 Å². The Bertz CT molecular complexity index is 136. The van der Waals surface area contributed by atoms with E-state index in [-0.39, 0.29) is 35.6 Å². The van der Waals surface area contributed by atoms with Gasteiger partial charge < -0.3 is 9.63 Å². The summed E-state index contributed by atoms with van der Waals surface area (Å²) in [7, 11) is -4.82. The normalized spacial score (nSPS) is 9.56. The smallest absolute Gasteiger partial charge is 0.449 e. The zero-order valence-electron chi connectivity index (χ0n) is 4.09. The third-order valence-corrected chi connectivity index (χ3v) is 0.591. The topological polar surface area (TPSA) is 104 Å². The third-order valence-electron chi connectivity index (χ3n) is 0.197.